The van der Waals surface area contributed by atoms with Gasteiger partial charge in [0.25, 0.3) is 0 Å². The Labute approximate surface area is 139 Å². The van der Waals surface area contributed by atoms with Gasteiger partial charge in [0.2, 0.25) is 10.0 Å². The van der Waals surface area contributed by atoms with Crippen molar-refractivity contribution in [2.75, 3.05) is 14.1 Å². The van der Waals surface area contributed by atoms with Crippen LogP contribution < -0.4 is 4.72 Å². The Morgan fingerprint density at radius 3 is 2.08 bits per heavy atom. The van der Waals surface area contributed by atoms with E-state index in [2.05, 4.69) is 4.72 Å². The summed E-state index contributed by atoms with van der Waals surface area (Å²) in [6, 6.07) is 8.44. The van der Waals surface area contributed by atoms with E-state index in [-0.39, 0.29) is 6.54 Å². The molecule has 0 saturated carbocycles. The Kier molecular flexibility index (Phi) is 5.63. The average molecular weight is 358 g/mol. The predicted molar refractivity (Wildman–Crippen MR) is 84.2 cm³/mol. The van der Waals surface area contributed by atoms with Crippen molar-refractivity contribution in [3.8, 4) is 0 Å². The third-order valence-corrected chi connectivity index (χ3v) is 4.70. The predicted octanol–water partition coefficient (Wildman–Crippen LogP) is 2.64. The van der Waals surface area contributed by atoms with Gasteiger partial charge in [-0.05, 0) is 37.4 Å². The molecule has 0 fully saturated rings. The van der Waals surface area contributed by atoms with Crippen LogP contribution in [0.5, 0.6) is 0 Å². The molecular weight excluding hydrogens is 341 g/mol. The van der Waals surface area contributed by atoms with E-state index < -0.39 is 32.4 Å². The Hall–Kier alpha value is -1.90. The maximum Gasteiger partial charge on any atom is 0.243 e. The molecule has 1 N–H and O–H groups in total. The van der Waals surface area contributed by atoms with Crippen molar-refractivity contribution in [2.24, 2.45) is 0 Å². The summed E-state index contributed by atoms with van der Waals surface area (Å²) in [4.78, 5) is 1.06. The molecule has 0 spiro atoms. The zero-order chi connectivity index (χ0) is 17.9. The fourth-order valence-electron chi connectivity index (χ4n) is 2.10. The van der Waals surface area contributed by atoms with E-state index in [4.69, 9.17) is 0 Å². The molecule has 0 atom stereocenters. The number of nitrogens with one attached hydrogen (secondary N) is 1. The fourth-order valence-corrected chi connectivity index (χ4v) is 3.18. The van der Waals surface area contributed by atoms with Gasteiger partial charge < -0.3 is 4.90 Å². The van der Waals surface area contributed by atoms with Crippen LogP contribution in [-0.4, -0.2) is 27.4 Å². The number of rotatable bonds is 6. The fraction of sp³-hybridized carbons (Fsp3) is 0.250. The monoisotopic (exact) mass is 358 g/mol. The molecule has 0 aliphatic carbocycles. The number of hydrogen-bond acceptors (Lipinski definition) is 3. The van der Waals surface area contributed by atoms with Crippen LogP contribution >= 0.6 is 0 Å². The maximum atomic E-state index is 13.6. The van der Waals surface area contributed by atoms with Crippen molar-refractivity contribution in [2.45, 2.75) is 18.0 Å². The second kappa shape index (κ2) is 7.33. The molecule has 0 aliphatic heterocycles. The van der Waals surface area contributed by atoms with Gasteiger partial charge in [-0.3, -0.25) is 0 Å². The highest BCUT2D eigenvalue weighted by atomic mass is 32.2. The summed E-state index contributed by atoms with van der Waals surface area (Å²) in [6.07, 6.45) is 0. The standard InChI is InChI=1S/C16H17F3N2O2S/c1-21(2)10-12-5-3-11(4-6-12)9-20-24(22,23)14-8-7-13(17)15(18)16(14)19/h3-8,20H,9-10H2,1-2H3. The number of hydrogen-bond donors (Lipinski definition) is 1. The highest BCUT2D eigenvalue weighted by Gasteiger charge is 2.23. The summed E-state index contributed by atoms with van der Waals surface area (Å²) in [5, 5.41) is 0. The average Bonchev–Trinajstić information content (AvgIpc) is 2.51. The van der Waals surface area contributed by atoms with Crippen molar-refractivity contribution < 1.29 is 21.6 Å². The van der Waals surface area contributed by atoms with E-state index in [0.717, 1.165) is 12.1 Å². The molecular formula is C16H17F3N2O2S. The van der Waals surface area contributed by atoms with Gasteiger partial charge in [-0.1, -0.05) is 24.3 Å². The minimum atomic E-state index is -4.30. The van der Waals surface area contributed by atoms with Crippen LogP contribution in [0.1, 0.15) is 11.1 Å². The lowest BCUT2D eigenvalue weighted by Gasteiger charge is -2.11. The summed E-state index contributed by atoms with van der Waals surface area (Å²) in [6.45, 7) is 0.648. The number of benzene rings is 2. The maximum absolute atomic E-state index is 13.6. The molecule has 2 aromatic carbocycles. The number of sulfonamides is 1. The molecule has 24 heavy (non-hydrogen) atoms. The molecule has 2 aromatic rings. The molecule has 0 aromatic heterocycles. The van der Waals surface area contributed by atoms with Crippen LogP contribution in [0.2, 0.25) is 0 Å². The van der Waals surface area contributed by atoms with E-state index in [0.29, 0.717) is 17.7 Å². The van der Waals surface area contributed by atoms with Gasteiger partial charge in [-0.25, -0.2) is 26.3 Å². The third kappa shape index (κ3) is 4.34. The normalized spacial score (nSPS) is 11.9. The highest BCUT2D eigenvalue weighted by Crippen LogP contribution is 2.19. The Balaban J connectivity index is 2.12. The molecule has 8 heteroatoms. The zero-order valence-electron chi connectivity index (χ0n) is 13.2. The van der Waals surface area contributed by atoms with Gasteiger partial charge in [-0.15, -0.1) is 0 Å². The topological polar surface area (TPSA) is 49.4 Å². The molecule has 0 amide bonds. The van der Waals surface area contributed by atoms with Crippen molar-refractivity contribution in [1.82, 2.24) is 9.62 Å². The largest absolute Gasteiger partial charge is 0.305 e. The van der Waals surface area contributed by atoms with Gasteiger partial charge in [-0.2, -0.15) is 0 Å². The Morgan fingerprint density at radius 1 is 0.917 bits per heavy atom. The second-order valence-electron chi connectivity index (χ2n) is 5.55. The quantitative estimate of drug-likeness (QED) is 0.808. The van der Waals surface area contributed by atoms with Crippen LogP contribution in [0.4, 0.5) is 13.2 Å². The number of halogens is 3. The molecule has 0 saturated heterocycles. The molecule has 0 aliphatic rings. The summed E-state index contributed by atoms with van der Waals surface area (Å²) >= 11 is 0. The van der Waals surface area contributed by atoms with Gasteiger partial charge in [0.1, 0.15) is 4.90 Å². The lowest BCUT2D eigenvalue weighted by atomic mass is 10.1. The smallest absolute Gasteiger partial charge is 0.243 e. The third-order valence-electron chi connectivity index (χ3n) is 3.28. The Bertz CT molecular complexity index is 822. The van der Waals surface area contributed by atoms with Gasteiger partial charge >= 0.3 is 0 Å². The van der Waals surface area contributed by atoms with Crippen LogP contribution in [0.3, 0.4) is 0 Å². The highest BCUT2D eigenvalue weighted by molar-refractivity contribution is 7.89. The van der Waals surface area contributed by atoms with Crippen molar-refractivity contribution in [3.05, 3.63) is 65.0 Å². The first-order valence-electron chi connectivity index (χ1n) is 7.06. The molecule has 2 rings (SSSR count). The summed E-state index contributed by atoms with van der Waals surface area (Å²) in [5.74, 6) is -4.99. The van der Waals surface area contributed by atoms with Crippen molar-refractivity contribution in [1.29, 1.82) is 0 Å². The Morgan fingerprint density at radius 2 is 1.50 bits per heavy atom. The zero-order valence-corrected chi connectivity index (χ0v) is 14.0. The first kappa shape index (κ1) is 18.4. The van der Waals surface area contributed by atoms with Crippen LogP contribution in [0.15, 0.2) is 41.3 Å². The SMILES string of the molecule is CN(C)Cc1ccc(CNS(=O)(=O)c2ccc(F)c(F)c2F)cc1. The summed E-state index contributed by atoms with van der Waals surface area (Å²) in [7, 11) is -0.439. The molecule has 0 radical (unpaired) electrons. The van der Waals surface area contributed by atoms with Crippen molar-refractivity contribution >= 4 is 10.0 Å². The van der Waals surface area contributed by atoms with E-state index in [1.807, 2.05) is 31.1 Å². The molecule has 0 unspecified atom stereocenters. The first-order valence-corrected chi connectivity index (χ1v) is 8.55. The minimum Gasteiger partial charge on any atom is -0.305 e. The lowest BCUT2D eigenvalue weighted by Crippen LogP contribution is -2.24. The van der Waals surface area contributed by atoms with E-state index in [1.54, 1.807) is 12.1 Å². The van der Waals surface area contributed by atoms with E-state index in [9.17, 15) is 21.6 Å². The van der Waals surface area contributed by atoms with Crippen molar-refractivity contribution in [3.63, 3.8) is 0 Å². The minimum absolute atomic E-state index is 0.0942. The number of nitrogens with zero attached hydrogens (tertiary/aromatic N) is 1. The molecule has 0 bridgehead atoms. The van der Waals surface area contributed by atoms with Gasteiger partial charge in [0.15, 0.2) is 17.5 Å². The van der Waals surface area contributed by atoms with Crippen LogP contribution in [0.25, 0.3) is 0 Å². The van der Waals surface area contributed by atoms with Gasteiger partial charge in [0, 0.05) is 13.1 Å². The first-order chi connectivity index (χ1) is 11.2. The summed E-state index contributed by atoms with van der Waals surface area (Å²) in [5.41, 5.74) is 1.71. The van der Waals surface area contributed by atoms with E-state index >= 15 is 0 Å². The van der Waals surface area contributed by atoms with Gasteiger partial charge in [0.05, 0.1) is 0 Å². The second-order valence-corrected chi connectivity index (χ2v) is 7.29. The lowest BCUT2D eigenvalue weighted by molar-refractivity contribution is 0.402. The molecule has 4 nitrogen and oxygen atoms in total. The molecule has 130 valence electrons. The molecule has 0 heterocycles. The van der Waals surface area contributed by atoms with Crippen LogP contribution in [0, 0.1) is 17.5 Å². The van der Waals surface area contributed by atoms with E-state index in [1.165, 1.54) is 0 Å². The summed E-state index contributed by atoms with van der Waals surface area (Å²) < 4.78 is 66.0. The van der Waals surface area contributed by atoms with Crippen LogP contribution in [-0.2, 0) is 23.1 Å².